The topological polar surface area (TPSA) is 21.7 Å². The zero-order valence-electron chi connectivity index (χ0n) is 19.1. The van der Waals surface area contributed by atoms with E-state index in [-0.39, 0.29) is 24.2 Å². The Morgan fingerprint density at radius 3 is 2.33 bits per heavy atom. The lowest BCUT2D eigenvalue weighted by molar-refractivity contribution is 0.0162. The lowest BCUT2D eigenvalue weighted by Gasteiger charge is -2.34. The van der Waals surface area contributed by atoms with Gasteiger partial charge >= 0.3 is 6.92 Å². The Kier molecular flexibility index (Phi) is 8.19. The standard InChI is InChI=1S/C23H40BNO2/c1-12-13-14-21(17(2)15-18(3)25(10)20(5)26-11)19(4)24-16-22(6,7)23(8,9)27-24/h12,15,20H,1,4,13-14,16H2,2-3,5-11H3/b18-15+,21-17-. The van der Waals surface area contributed by atoms with Crippen molar-refractivity contribution in [3.05, 3.63) is 47.6 Å². The number of rotatable bonds is 9. The van der Waals surface area contributed by atoms with Crippen LogP contribution in [-0.4, -0.2) is 37.8 Å². The largest absolute Gasteiger partial charge is 0.426 e. The Morgan fingerprint density at radius 2 is 1.89 bits per heavy atom. The van der Waals surface area contributed by atoms with Gasteiger partial charge in [-0.05, 0) is 76.4 Å². The van der Waals surface area contributed by atoms with Gasteiger partial charge in [-0.3, -0.25) is 0 Å². The van der Waals surface area contributed by atoms with Crippen molar-refractivity contribution in [3.63, 3.8) is 0 Å². The van der Waals surface area contributed by atoms with Gasteiger partial charge < -0.3 is 14.3 Å². The smallest absolute Gasteiger partial charge is 0.327 e. The third kappa shape index (κ3) is 5.62. The van der Waals surface area contributed by atoms with Gasteiger partial charge in [-0.15, -0.1) is 13.2 Å². The highest BCUT2D eigenvalue weighted by molar-refractivity contribution is 6.62. The molecule has 1 atom stereocenters. The fourth-order valence-electron chi connectivity index (χ4n) is 3.46. The Balaban J connectivity index is 3.18. The maximum Gasteiger partial charge on any atom is 0.327 e. The summed E-state index contributed by atoms with van der Waals surface area (Å²) >= 11 is 0. The van der Waals surface area contributed by atoms with E-state index < -0.39 is 0 Å². The van der Waals surface area contributed by atoms with Crippen molar-refractivity contribution in [2.24, 2.45) is 5.41 Å². The van der Waals surface area contributed by atoms with Crippen molar-refractivity contribution in [2.75, 3.05) is 14.2 Å². The number of allylic oxidation sites excluding steroid dienone is 6. The summed E-state index contributed by atoms with van der Waals surface area (Å²) in [7, 11) is 3.78. The summed E-state index contributed by atoms with van der Waals surface area (Å²) in [6.07, 6.45) is 7.09. The Morgan fingerprint density at radius 1 is 1.30 bits per heavy atom. The van der Waals surface area contributed by atoms with Crippen molar-refractivity contribution in [1.29, 1.82) is 0 Å². The van der Waals surface area contributed by atoms with Gasteiger partial charge in [0, 0.05) is 19.9 Å². The van der Waals surface area contributed by atoms with Gasteiger partial charge in [-0.1, -0.05) is 25.4 Å². The molecule has 1 saturated heterocycles. The van der Waals surface area contributed by atoms with Gasteiger partial charge in [-0.25, -0.2) is 0 Å². The van der Waals surface area contributed by atoms with Crippen LogP contribution >= 0.6 is 0 Å². The van der Waals surface area contributed by atoms with Crippen LogP contribution in [0.15, 0.2) is 47.6 Å². The van der Waals surface area contributed by atoms with Crippen LogP contribution in [0.5, 0.6) is 0 Å². The highest BCUT2D eigenvalue weighted by Gasteiger charge is 2.50. The molecule has 0 spiro atoms. The monoisotopic (exact) mass is 373 g/mol. The maximum atomic E-state index is 6.43. The summed E-state index contributed by atoms with van der Waals surface area (Å²) in [4.78, 5) is 2.13. The number of methoxy groups -OCH3 is 1. The molecule has 1 unspecified atom stereocenters. The van der Waals surface area contributed by atoms with E-state index in [4.69, 9.17) is 9.39 Å². The van der Waals surface area contributed by atoms with Crippen LogP contribution in [0.1, 0.15) is 61.3 Å². The van der Waals surface area contributed by atoms with Gasteiger partial charge in [-0.2, -0.15) is 0 Å². The summed E-state index contributed by atoms with van der Waals surface area (Å²) in [6, 6.07) is 0. The highest BCUT2D eigenvalue weighted by atomic mass is 16.5. The zero-order chi connectivity index (χ0) is 21.0. The molecule has 0 saturated carbocycles. The molecule has 0 aliphatic carbocycles. The fraction of sp³-hybridized carbons (Fsp3) is 0.652. The first kappa shape index (κ1) is 23.8. The molecule has 4 heteroatoms. The van der Waals surface area contributed by atoms with E-state index in [0.717, 1.165) is 24.6 Å². The predicted molar refractivity (Wildman–Crippen MR) is 119 cm³/mol. The molecule has 0 aromatic rings. The molecule has 1 rings (SSSR count). The van der Waals surface area contributed by atoms with Gasteiger partial charge in [0.1, 0.15) is 6.23 Å². The normalized spacial score (nSPS) is 20.9. The number of hydrogen-bond acceptors (Lipinski definition) is 3. The molecule has 27 heavy (non-hydrogen) atoms. The molecule has 152 valence electrons. The van der Waals surface area contributed by atoms with Crippen molar-refractivity contribution >= 4 is 6.92 Å². The molecule has 0 aromatic carbocycles. The minimum absolute atomic E-state index is 0.0358. The van der Waals surface area contributed by atoms with Crippen molar-refractivity contribution < 1.29 is 9.39 Å². The number of nitrogens with zero attached hydrogens (tertiary/aromatic N) is 1. The minimum atomic E-state index is -0.155. The van der Waals surface area contributed by atoms with Gasteiger partial charge in [0.2, 0.25) is 0 Å². The first-order valence-corrected chi connectivity index (χ1v) is 9.99. The van der Waals surface area contributed by atoms with Gasteiger partial charge in [0.15, 0.2) is 0 Å². The lowest BCUT2D eigenvalue weighted by Crippen LogP contribution is -2.34. The predicted octanol–water partition coefficient (Wildman–Crippen LogP) is 6.02. The maximum absolute atomic E-state index is 6.43. The van der Waals surface area contributed by atoms with E-state index in [1.54, 1.807) is 7.11 Å². The molecule has 0 radical (unpaired) electrons. The lowest BCUT2D eigenvalue weighted by atomic mass is 9.52. The number of ether oxygens (including phenoxy) is 1. The molecular weight excluding hydrogens is 333 g/mol. The van der Waals surface area contributed by atoms with Crippen molar-refractivity contribution in [2.45, 2.75) is 79.5 Å². The fourth-order valence-corrected chi connectivity index (χ4v) is 3.46. The highest BCUT2D eigenvalue weighted by Crippen LogP contribution is 2.47. The Labute approximate surface area is 168 Å². The van der Waals surface area contributed by atoms with E-state index in [9.17, 15) is 0 Å². The molecule has 0 N–H and O–H groups in total. The molecule has 0 amide bonds. The van der Waals surface area contributed by atoms with Gasteiger partial charge in [0.05, 0.1) is 5.60 Å². The molecule has 1 fully saturated rings. The third-order valence-corrected chi connectivity index (χ3v) is 6.48. The summed E-state index contributed by atoms with van der Waals surface area (Å²) in [5.74, 6) is 0. The minimum Gasteiger partial charge on any atom is -0.426 e. The summed E-state index contributed by atoms with van der Waals surface area (Å²) in [5, 5.41) is 0. The average Bonchev–Trinajstić information content (AvgIpc) is 2.81. The average molecular weight is 373 g/mol. The van der Waals surface area contributed by atoms with Crippen LogP contribution in [-0.2, 0) is 9.39 Å². The van der Waals surface area contributed by atoms with Crippen molar-refractivity contribution in [1.82, 2.24) is 4.90 Å². The van der Waals surface area contributed by atoms with Gasteiger partial charge in [0.25, 0.3) is 0 Å². The van der Waals surface area contributed by atoms with Crippen molar-refractivity contribution in [3.8, 4) is 0 Å². The van der Waals surface area contributed by atoms with E-state index in [1.807, 2.05) is 13.0 Å². The van der Waals surface area contributed by atoms with Crippen LogP contribution in [0.4, 0.5) is 0 Å². The number of hydrogen-bond donors (Lipinski definition) is 0. The molecule has 3 nitrogen and oxygen atoms in total. The second-order valence-corrected chi connectivity index (χ2v) is 8.95. The van der Waals surface area contributed by atoms with Crippen LogP contribution in [0, 0.1) is 5.41 Å². The van der Waals surface area contributed by atoms with Crippen LogP contribution in [0.2, 0.25) is 6.32 Å². The second kappa shape index (κ2) is 9.29. The van der Waals surface area contributed by atoms with E-state index >= 15 is 0 Å². The van der Waals surface area contributed by atoms with Crippen LogP contribution in [0.25, 0.3) is 0 Å². The second-order valence-electron chi connectivity index (χ2n) is 8.95. The van der Waals surface area contributed by atoms with E-state index in [1.165, 1.54) is 16.8 Å². The first-order chi connectivity index (χ1) is 12.4. The molecule has 1 aliphatic heterocycles. The van der Waals surface area contributed by atoms with Crippen LogP contribution < -0.4 is 0 Å². The summed E-state index contributed by atoms with van der Waals surface area (Å²) < 4.78 is 11.9. The molecule has 0 aromatic heterocycles. The third-order valence-electron chi connectivity index (χ3n) is 6.48. The van der Waals surface area contributed by atoms with E-state index in [2.05, 4.69) is 72.7 Å². The molecular formula is C23H40BNO2. The molecule has 1 aliphatic rings. The first-order valence-electron chi connectivity index (χ1n) is 9.99. The Hall–Kier alpha value is -1.26. The molecule has 0 bridgehead atoms. The van der Waals surface area contributed by atoms with Crippen LogP contribution in [0.3, 0.4) is 0 Å². The summed E-state index contributed by atoms with van der Waals surface area (Å²) in [6.45, 7) is 23.7. The summed E-state index contributed by atoms with van der Waals surface area (Å²) in [5.41, 5.74) is 4.76. The van der Waals surface area contributed by atoms with E-state index in [0.29, 0.717) is 0 Å². The zero-order valence-corrected chi connectivity index (χ0v) is 19.1. The quantitative estimate of drug-likeness (QED) is 0.214. The molecule has 1 heterocycles. The Bertz CT molecular complexity index is 600. The SMILES string of the molecule is C=CCC/C(C(=C)B1CC(C)(C)C(C)(C)O1)=C(C)/C=C(\C)N(C)C(C)OC.